The zero-order valence-corrected chi connectivity index (χ0v) is 23.5. The van der Waals surface area contributed by atoms with E-state index in [-0.39, 0.29) is 18.2 Å². The highest BCUT2D eigenvalue weighted by Crippen LogP contribution is 2.31. The molecule has 0 aliphatic heterocycles. The molecule has 0 spiro atoms. The molecule has 0 heterocycles. The molecule has 40 heavy (non-hydrogen) atoms. The van der Waals surface area contributed by atoms with E-state index in [0.717, 1.165) is 16.7 Å². The molecule has 3 aromatic rings. The zero-order chi connectivity index (χ0) is 28.9. The van der Waals surface area contributed by atoms with Crippen LogP contribution in [0, 0.1) is 5.92 Å². The van der Waals surface area contributed by atoms with Gasteiger partial charge in [-0.05, 0) is 41.2 Å². The fraction of sp³-hybridized carbons (Fsp3) is 0.344. The number of methoxy groups -OCH3 is 1. The maximum atomic E-state index is 13.1. The molecular weight excluding hydrogens is 508 g/mol. The molecule has 8 heteroatoms. The maximum Gasteiger partial charge on any atom is 0.328 e. The number of rotatable bonds is 14. The van der Waals surface area contributed by atoms with Gasteiger partial charge in [0.1, 0.15) is 25.3 Å². The summed E-state index contributed by atoms with van der Waals surface area (Å²) in [7, 11) is 1.27. The first-order valence-corrected chi connectivity index (χ1v) is 13.4. The SMILES string of the molecule is COC(=O)[C@H](Cc1ccc(OCc2ccccc2)c(OCc2ccccc2)c1)NC(=O)[C@H](CC(C)C)NC(C)=O. The van der Waals surface area contributed by atoms with Gasteiger partial charge in [-0.2, -0.15) is 0 Å². The van der Waals surface area contributed by atoms with E-state index in [9.17, 15) is 14.4 Å². The minimum absolute atomic E-state index is 0.159. The molecule has 2 amide bonds. The predicted molar refractivity (Wildman–Crippen MR) is 153 cm³/mol. The summed E-state index contributed by atoms with van der Waals surface area (Å²) in [5.74, 6) is -0.111. The lowest BCUT2D eigenvalue weighted by atomic mass is 10.0. The zero-order valence-electron chi connectivity index (χ0n) is 23.5. The lowest BCUT2D eigenvalue weighted by Gasteiger charge is -2.23. The monoisotopic (exact) mass is 546 g/mol. The van der Waals surface area contributed by atoms with Crippen molar-refractivity contribution in [2.75, 3.05) is 7.11 Å². The molecular formula is C32H38N2O6. The second kappa shape index (κ2) is 15.3. The lowest BCUT2D eigenvalue weighted by molar-refractivity contribution is -0.145. The Kier molecular flexibility index (Phi) is 11.6. The maximum absolute atomic E-state index is 13.1. The number of carbonyl (C=O) groups excluding carboxylic acids is 3. The van der Waals surface area contributed by atoms with Crippen LogP contribution in [0.3, 0.4) is 0 Å². The number of benzene rings is 3. The topological polar surface area (TPSA) is 103 Å². The minimum Gasteiger partial charge on any atom is -0.485 e. The number of ether oxygens (including phenoxy) is 3. The smallest absolute Gasteiger partial charge is 0.328 e. The van der Waals surface area contributed by atoms with Crippen LogP contribution < -0.4 is 20.1 Å². The third kappa shape index (κ3) is 9.76. The van der Waals surface area contributed by atoms with Gasteiger partial charge in [0.25, 0.3) is 0 Å². The van der Waals surface area contributed by atoms with E-state index in [1.165, 1.54) is 14.0 Å². The lowest BCUT2D eigenvalue weighted by Crippen LogP contribution is -2.52. The summed E-state index contributed by atoms with van der Waals surface area (Å²) < 4.78 is 17.2. The average molecular weight is 547 g/mol. The summed E-state index contributed by atoms with van der Waals surface area (Å²) in [4.78, 5) is 37.4. The molecule has 3 rings (SSSR count). The van der Waals surface area contributed by atoms with Crippen molar-refractivity contribution in [1.29, 1.82) is 0 Å². The molecule has 0 bridgehead atoms. The molecule has 0 saturated carbocycles. The van der Waals surface area contributed by atoms with Crippen molar-refractivity contribution in [1.82, 2.24) is 10.6 Å². The van der Waals surface area contributed by atoms with E-state index in [4.69, 9.17) is 14.2 Å². The van der Waals surface area contributed by atoms with Crippen molar-refractivity contribution >= 4 is 17.8 Å². The Hall–Kier alpha value is -4.33. The van der Waals surface area contributed by atoms with Gasteiger partial charge in [0.05, 0.1) is 7.11 Å². The third-order valence-electron chi connectivity index (χ3n) is 6.13. The predicted octanol–water partition coefficient (Wildman–Crippen LogP) is 4.60. The number of carbonyl (C=O) groups is 3. The van der Waals surface area contributed by atoms with Gasteiger partial charge in [-0.25, -0.2) is 4.79 Å². The molecule has 0 aliphatic carbocycles. The number of esters is 1. The Morgan fingerprint density at radius 1 is 0.725 bits per heavy atom. The molecule has 3 aromatic carbocycles. The molecule has 0 radical (unpaired) electrons. The van der Waals surface area contributed by atoms with Crippen LogP contribution in [0.4, 0.5) is 0 Å². The standard InChI is InChI=1S/C32H38N2O6/c1-22(2)17-27(33-23(3)35)31(36)34-28(32(37)38-4)18-26-15-16-29(39-20-24-11-7-5-8-12-24)30(19-26)40-21-25-13-9-6-10-14-25/h5-16,19,22,27-28H,17-18,20-21H2,1-4H3,(H,33,35)(H,34,36)/t27-,28-/m0/s1. The van der Waals surface area contributed by atoms with Gasteiger partial charge in [-0.3, -0.25) is 9.59 Å². The van der Waals surface area contributed by atoms with Crippen LogP contribution in [0.25, 0.3) is 0 Å². The molecule has 2 atom stereocenters. The highest BCUT2D eigenvalue weighted by atomic mass is 16.5. The Morgan fingerprint density at radius 3 is 1.82 bits per heavy atom. The van der Waals surface area contributed by atoms with Crippen LogP contribution in [-0.2, 0) is 38.8 Å². The van der Waals surface area contributed by atoms with E-state index in [2.05, 4.69) is 10.6 Å². The molecule has 0 fully saturated rings. The van der Waals surface area contributed by atoms with Gasteiger partial charge >= 0.3 is 5.97 Å². The summed E-state index contributed by atoms with van der Waals surface area (Å²) in [5.41, 5.74) is 2.76. The average Bonchev–Trinajstić information content (AvgIpc) is 2.95. The van der Waals surface area contributed by atoms with Gasteiger partial charge in [0, 0.05) is 13.3 Å². The van der Waals surface area contributed by atoms with Crippen LogP contribution in [0.5, 0.6) is 11.5 Å². The normalized spacial score (nSPS) is 12.2. The Morgan fingerprint density at radius 2 is 1.30 bits per heavy atom. The van der Waals surface area contributed by atoms with Gasteiger partial charge < -0.3 is 24.8 Å². The number of hydrogen-bond donors (Lipinski definition) is 2. The van der Waals surface area contributed by atoms with Crippen molar-refractivity contribution < 1.29 is 28.6 Å². The number of hydrogen-bond acceptors (Lipinski definition) is 6. The fourth-order valence-corrected chi connectivity index (χ4v) is 4.17. The van der Waals surface area contributed by atoms with Crippen LogP contribution in [-0.4, -0.2) is 37.0 Å². The highest BCUT2D eigenvalue weighted by molar-refractivity contribution is 5.90. The van der Waals surface area contributed by atoms with E-state index >= 15 is 0 Å². The Balaban J connectivity index is 1.81. The number of amides is 2. The molecule has 2 N–H and O–H groups in total. The number of nitrogens with one attached hydrogen (secondary N) is 2. The summed E-state index contributed by atoms with van der Waals surface area (Å²) in [6.07, 6.45) is 0.595. The van der Waals surface area contributed by atoms with Crippen molar-refractivity contribution in [3.63, 3.8) is 0 Å². The van der Waals surface area contributed by atoms with Gasteiger partial charge in [0.2, 0.25) is 11.8 Å². The quantitative estimate of drug-likeness (QED) is 0.287. The summed E-state index contributed by atoms with van der Waals surface area (Å²) >= 11 is 0. The first-order chi connectivity index (χ1) is 19.2. The van der Waals surface area contributed by atoms with Crippen LogP contribution >= 0.6 is 0 Å². The van der Waals surface area contributed by atoms with E-state index in [1.54, 1.807) is 6.07 Å². The molecule has 0 aliphatic rings. The molecule has 0 aromatic heterocycles. The second-order valence-corrected chi connectivity index (χ2v) is 10.0. The van der Waals surface area contributed by atoms with E-state index in [0.29, 0.717) is 31.1 Å². The van der Waals surface area contributed by atoms with Crippen LogP contribution in [0.1, 0.15) is 43.9 Å². The van der Waals surface area contributed by atoms with Gasteiger partial charge in [0.15, 0.2) is 11.5 Å². The molecule has 8 nitrogen and oxygen atoms in total. The Labute approximate surface area is 236 Å². The summed E-state index contributed by atoms with van der Waals surface area (Å²) in [6.45, 7) is 5.97. The largest absolute Gasteiger partial charge is 0.485 e. The van der Waals surface area contributed by atoms with Crippen LogP contribution in [0.2, 0.25) is 0 Å². The molecule has 212 valence electrons. The van der Waals surface area contributed by atoms with Crippen LogP contribution in [0.15, 0.2) is 78.9 Å². The van der Waals surface area contributed by atoms with E-state index < -0.39 is 24.0 Å². The molecule has 0 unspecified atom stereocenters. The van der Waals surface area contributed by atoms with Crippen molar-refractivity contribution in [3.8, 4) is 11.5 Å². The van der Waals surface area contributed by atoms with E-state index in [1.807, 2.05) is 86.6 Å². The summed E-state index contributed by atoms with van der Waals surface area (Å²) in [5, 5.41) is 5.44. The first kappa shape index (κ1) is 30.2. The van der Waals surface area contributed by atoms with Crippen molar-refractivity contribution in [2.45, 2.75) is 58.9 Å². The second-order valence-electron chi connectivity index (χ2n) is 10.0. The molecule has 0 saturated heterocycles. The Bertz CT molecular complexity index is 1250. The minimum atomic E-state index is -0.959. The highest BCUT2D eigenvalue weighted by Gasteiger charge is 2.28. The van der Waals surface area contributed by atoms with Gasteiger partial charge in [-0.15, -0.1) is 0 Å². The fourth-order valence-electron chi connectivity index (χ4n) is 4.17. The first-order valence-electron chi connectivity index (χ1n) is 13.4. The van der Waals surface area contributed by atoms with Gasteiger partial charge in [-0.1, -0.05) is 80.6 Å². The third-order valence-corrected chi connectivity index (χ3v) is 6.13. The van der Waals surface area contributed by atoms with Crippen molar-refractivity contribution in [3.05, 3.63) is 95.6 Å². The van der Waals surface area contributed by atoms with Crippen molar-refractivity contribution in [2.24, 2.45) is 5.92 Å². The summed E-state index contributed by atoms with van der Waals surface area (Å²) in [6, 6.07) is 23.3.